The van der Waals surface area contributed by atoms with Crippen LogP contribution in [-0.4, -0.2) is 24.5 Å². The number of primary amides is 1. The van der Waals surface area contributed by atoms with Gasteiger partial charge in [0.1, 0.15) is 6.04 Å². The lowest BCUT2D eigenvalue weighted by Crippen LogP contribution is -2.48. The molecule has 0 fully saturated rings. The highest BCUT2D eigenvalue weighted by molar-refractivity contribution is 5.85. The highest BCUT2D eigenvalue weighted by Crippen LogP contribution is 2.04. The molecule has 0 aliphatic carbocycles. The molecular formula is C16H25N3O2. The van der Waals surface area contributed by atoms with E-state index >= 15 is 0 Å². The predicted octanol–water partition coefficient (Wildman–Crippen LogP) is 1.88. The summed E-state index contributed by atoms with van der Waals surface area (Å²) in [6.07, 6.45) is 3.15. The van der Waals surface area contributed by atoms with Gasteiger partial charge >= 0.3 is 6.03 Å². The number of rotatable bonds is 8. The summed E-state index contributed by atoms with van der Waals surface area (Å²) < 4.78 is 0. The molecule has 0 heterocycles. The molecule has 0 aliphatic rings. The number of carbonyl (C=O) groups is 2. The van der Waals surface area contributed by atoms with Crippen molar-refractivity contribution in [1.29, 1.82) is 0 Å². The molecule has 1 atom stereocenters. The van der Waals surface area contributed by atoms with Crippen LogP contribution in [0, 0.1) is 6.92 Å². The van der Waals surface area contributed by atoms with E-state index < -0.39 is 11.9 Å². The molecule has 0 radical (unpaired) electrons. The average Bonchev–Trinajstić information content (AvgIpc) is 2.43. The first-order valence-corrected chi connectivity index (χ1v) is 7.42. The summed E-state index contributed by atoms with van der Waals surface area (Å²) in [5.74, 6) is -0.489. The minimum atomic E-state index is -0.594. The summed E-state index contributed by atoms with van der Waals surface area (Å²) in [6, 6.07) is 7.21. The molecule has 0 aliphatic heterocycles. The third-order valence-electron chi connectivity index (χ3n) is 3.28. The van der Waals surface area contributed by atoms with E-state index in [1.54, 1.807) is 0 Å². The van der Waals surface area contributed by atoms with Crippen LogP contribution in [-0.2, 0) is 11.2 Å². The van der Waals surface area contributed by atoms with Gasteiger partial charge in [0.15, 0.2) is 0 Å². The second-order valence-corrected chi connectivity index (χ2v) is 5.24. The lowest BCUT2D eigenvalue weighted by atomic mass is 10.1. The number of hydrogen-bond acceptors (Lipinski definition) is 2. The topological polar surface area (TPSA) is 84.2 Å². The molecule has 1 aromatic rings. The second-order valence-electron chi connectivity index (χ2n) is 5.24. The largest absolute Gasteiger partial charge is 0.368 e. The quantitative estimate of drug-likeness (QED) is 0.683. The van der Waals surface area contributed by atoms with Crippen LogP contribution in [0.1, 0.15) is 37.3 Å². The number of carbonyl (C=O) groups excluding carboxylic acids is 2. The minimum Gasteiger partial charge on any atom is -0.368 e. The molecule has 0 unspecified atom stereocenters. The number of unbranched alkanes of at least 4 members (excludes halogenated alkanes) is 1. The fourth-order valence-corrected chi connectivity index (χ4v) is 2.09. The summed E-state index contributed by atoms with van der Waals surface area (Å²) in [5, 5.41) is 5.38. The summed E-state index contributed by atoms with van der Waals surface area (Å²) in [4.78, 5) is 23.0. The maximum Gasteiger partial charge on any atom is 0.315 e. The Morgan fingerprint density at radius 2 is 2.10 bits per heavy atom. The summed E-state index contributed by atoms with van der Waals surface area (Å²) in [7, 11) is 0. The van der Waals surface area contributed by atoms with Crippen LogP contribution in [0.15, 0.2) is 24.3 Å². The Balaban J connectivity index is 2.34. The van der Waals surface area contributed by atoms with Crippen molar-refractivity contribution in [3.8, 4) is 0 Å². The Labute approximate surface area is 126 Å². The molecule has 1 rings (SSSR count). The number of nitrogens with two attached hydrogens (primary N) is 1. The highest BCUT2D eigenvalue weighted by Gasteiger charge is 2.16. The second kappa shape index (κ2) is 9.00. The SMILES string of the molecule is CCCC[C@H](NC(=O)NCCc1cccc(C)c1)C(N)=O. The van der Waals surface area contributed by atoms with Gasteiger partial charge in [0, 0.05) is 6.54 Å². The first-order valence-electron chi connectivity index (χ1n) is 7.42. The van der Waals surface area contributed by atoms with Gasteiger partial charge in [-0.1, -0.05) is 49.6 Å². The zero-order chi connectivity index (χ0) is 15.7. The van der Waals surface area contributed by atoms with Crippen molar-refractivity contribution < 1.29 is 9.59 Å². The lowest BCUT2D eigenvalue weighted by molar-refractivity contribution is -0.119. The normalized spacial score (nSPS) is 11.7. The first kappa shape index (κ1) is 17.0. The zero-order valence-corrected chi connectivity index (χ0v) is 12.8. The lowest BCUT2D eigenvalue weighted by Gasteiger charge is -2.15. The van der Waals surface area contributed by atoms with Gasteiger partial charge < -0.3 is 16.4 Å². The van der Waals surface area contributed by atoms with E-state index in [0.717, 1.165) is 19.3 Å². The van der Waals surface area contributed by atoms with Crippen molar-refractivity contribution >= 4 is 11.9 Å². The van der Waals surface area contributed by atoms with Crippen LogP contribution in [0.4, 0.5) is 4.79 Å². The summed E-state index contributed by atoms with van der Waals surface area (Å²) >= 11 is 0. The van der Waals surface area contributed by atoms with Gasteiger partial charge in [0.2, 0.25) is 5.91 Å². The molecule has 0 bridgehead atoms. The van der Waals surface area contributed by atoms with Gasteiger partial charge in [-0.15, -0.1) is 0 Å². The Morgan fingerprint density at radius 1 is 1.33 bits per heavy atom. The van der Waals surface area contributed by atoms with E-state index in [0.29, 0.717) is 13.0 Å². The number of aryl methyl sites for hydroxylation is 1. The first-order chi connectivity index (χ1) is 10.0. The van der Waals surface area contributed by atoms with Crippen molar-refractivity contribution in [3.05, 3.63) is 35.4 Å². The van der Waals surface area contributed by atoms with Gasteiger partial charge in [0.05, 0.1) is 0 Å². The number of hydrogen-bond donors (Lipinski definition) is 3. The molecular weight excluding hydrogens is 266 g/mol. The van der Waals surface area contributed by atoms with E-state index in [9.17, 15) is 9.59 Å². The van der Waals surface area contributed by atoms with Crippen molar-refractivity contribution in [2.45, 2.75) is 45.6 Å². The number of benzene rings is 1. The standard InChI is InChI=1S/C16H25N3O2/c1-3-4-8-14(15(17)20)19-16(21)18-10-9-13-7-5-6-12(2)11-13/h5-7,11,14H,3-4,8-10H2,1-2H3,(H2,17,20)(H2,18,19,21)/t14-/m0/s1. The van der Waals surface area contributed by atoms with Gasteiger partial charge in [-0.25, -0.2) is 4.79 Å². The number of urea groups is 1. The molecule has 4 N–H and O–H groups in total. The maximum atomic E-state index is 11.7. The monoisotopic (exact) mass is 291 g/mol. The predicted molar refractivity (Wildman–Crippen MR) is 83.9 cm³/mol. The van der Waals surface area contributed by atoms with E-state index in [4.69, 9.17) is 5.73 Å². The molecule has 1 aromatic carbocycles. The van der Waals surface area contributed by atoms with E-state index in [1.807, 2.05) is 32.0 Å². The average molecular weight is 291 g/mol. The van der Waals surface area contributed by atoms with Gasteiger partial charge in [-0.3, -0.25) is 4.79 Å². The Morgan fingerprint density at radius 3 is 2.71 bits per heavy atom. The Bertz CT molecular complexity index is 474. The molecule has 5 nitrogen and oxygen atoms in total. The van der Waals surface area contributed by atoms with Crippen LogP contribution in [0.2, 0.25) is 0 Å². The maximum absolute atomic E-state index is 11.7. The molecule has 0 spiro atoms. The third-order valence-corrected chi connectivity index (χ3v) is 3.28. The molecule has 5 heteroatoms. The van der Waals surface area contributed by atoms with Crippen LogP contribution >= 0.6 is 0 Å². The van der Waals surface area contributed by atoms with Gasteiger partial charge in [-0.05, 0) is 25.3 Å². The van der Waals surface area contributed by atoms with Crippen molar-refractivity contribution in [2.75, 3.05) is 6.54 Å². The molecule has 3 amide bonds. The van der Waals surface area contributed by atoms with Crippen molar-refractivity contribution in [1.82, 2.24) is 10.6 Å². The third kappa shape index (κ3) is 6.79. The van der Waals surface area contributed by atoms with Crippen molar-refractivity contribution in [3.63, 3.8) is 0 Å². The Hall–Kier alpha value is -2.04. The van der Waals surface area contributed by atoms with Gasteiger partial charge in [0.25, 0.3) is 0 Å². The van der Waals surface area contributed by atoms with Crippen LogP contribution in [0.25, 0.3) is 0 Å². The zero-order valence-electron chi connectivity index (χ0n) is 12.8. The Kier molecular flexibility index (Phi) is 7.29. The number of nitrogens with one attached hydrogen (secondary N) is 2. The molecule has 21 heavy (non-hydrogen) atoms. The molecule has 0 saturated heterocycles. The minimum absolute atomic E-state index is 0.345. The smallest absolute Gasteiger partial charge is 0.315 e. The van der Waals surface area contributed by atoms with Crippen LogP contribution < -0.4 is 16.4 Å². The summed E-state index contributed by atoms with van der Waals surface area (Å²) in [6.45, 7) is 4.59. The summed E-state index contributed by atoms with van der Waals surface area (Å²) in [5.41, 5.74) is 7.65. The van der Waals surface area contributed by atoms with Crippen LogP contribution in [0.3, 0.4) is 0 Å². The van der Waals surface area contributed by atoms with E-state index in [-0.39, 0.29) is 6.03 Å². The van der Waals surface area contributed by atoms with E-state index in [2.05, 4.69) is 16.7 Å². The molecule has 0 saturated carbocycles. The van der Waals surface area contributed by atoms with Crippen molar-refractivity contribution in [2.24, 2.45) is 5.73 Å². The molecule has 0 aromatic heterocycles. The fourth-order valence-electron chi connectivity index (χ4n) is 2.09. The molecule has 116 valence electrons. The fraction of sp³-hybridized carbons (Fsp3) is 0.500. The van der Waals surface area contributed by atoms with E-state index in [1.165, 1.54) is 11.1 Å². The number of amides is 3. The van der Waals surface area contributed by atoms with Crippen LogP contribution in [0.5, 0.6) is 0 Å². The highest BCUT2D eigenvalue weighted by atomic mass is 16.2. The van der Waals surface area contributed by atoms with Gasteiger partial charge in [-0.2, -0.15) is 0 Å².